The second-order valence-corrected chi connectivity index (χ2v) is 8.81. The zero-order chi connectivity index (χ0) is 22.8. The molecule has 5 heterocycles. The van der Waals surface area contributed by atoms with Gasteiger partial charge in [-0.05, 0) is 32.4 Å². The lowest BCUT2D eigenvalue weighted by atomic mass is 10.00. The number of nitrogens with zero attached hydrogens (tertiary/aromatic N) is 5. The fourth-order valence-electron chi connectivity index (χ4n) is 4.63. The molecule has 3 atom stereocenters. The average molecular weight is 449 g/mol. The van der Waals surface area contributed by atoms with E-state index in [2.05, 4.69) is 9.97 Å². The third-order valence-electron chi connectivity index (χ3n) is 6.62. The van der Waals surface area contributed by atoms with Crippen molar-refractivity contribution in [2.24, 2.45) is 0 Å². The Labute approximate surface area is 181 Å². The molecule has 0 saturated carbocycles. The second-order valence-electron chi connectivity index (χ2n) is 8.81. The highest BCUT2D eigenvalue weighted by atomic mass is 19.4. The highest BCUT2D eigenvalue weighted by Crippen LogP contribution is 2.43. The second kappa shape index (κ2) is 7.03. The number of morpholine rings is 1. The number of fused-ring (bicyclic) bond motifs is 3. The molecule has 0 spiro atoms. The molecule has 2 fully saturated rings. The van der Waals surface area contributed by atoms with Gasteiger partial charge in [0.25, 0.3) is 5.56 Å². The maximum Gasteiger partial charge on any atom is 0.413 e. The van der Waals surface area contributed by atoms with Crippen molar-refractivity contribution in [1.82, 2.24) is 14.5 Å². The van der Waals surface area contributed by atoms with Crippen LogP contribution in [0.25, 0.3) is 0 Å². The Bertz CT molecular complexity index is 1130. The summed E-state index contributed by atoms with van der Waals surface area (Å²) in [4.78, 5) is 37.0. The van der Waals surface area contributed by atoms with Crippen LogP contribution in [0, 0.1) is 6.92 Å². The number of ether oxygens (including phenoxy) is 1. The van der Waals surface area contributed by atoms with Crippen LogP contribution < -0.4 is 15.4 Å². The van der Waals surface area contributed by atoms with Crippen molar-refractivity contribution in [2.75, 3.05) is 29.5 Å². The third-order valence-corrected chi connectivity index (χ3v) is 6.62. The van der Waals surface area contributed by atoms with Crippen LogP contribution in [0.5, 0.6) is 0 Å². The average Bonchev–Trinajstić information content (AvgIpc) is 3.43. The Balaban J connectivity index is 1.55. The molecule has 11 heteroatoms. The molecule has 2 bridgehead atoms. The number of aromatic nitrogens is 3. The molecule has 5 rings (SSSR count). The van der Waals surface area contributed by atoms with Crippen molar-refractivity contribution < 1.29 is 22.7 Å². The van der Waals surface area contributed by atoms with E-state index < -0.39 is 36.1 Å². The first-order valence-electron chi connectivity index (χ1n) is 10.4. The summed E-state index contributed by atoms with van der Waals surface area (Å²) in [6, 6.07) is 4.47. The van der Waals surface area contributed by atoms with Gasteiger partial charge in [-0.3, -0.25) is 19.1 Å². The molecule has 0 aliphatic carbocycles. The summed E-state index contributed by atoms with van der Waals surface area (Å²) in [5, 5.41) is 0. The molecule has 170 valence electrons. The largest absolute Gasteiger partial charge is 0.413 e. The number of rotatable bonds is 4. The zero-order valence-corrected chi connectivity index (χ0v) is 17.6. The number of carbonyl (C=O) groups excluding carboxylic acids is 1. The minimum Gasteiger partial charge on any atom is -0.374 e. The van der Waals surface area contributed by atoms with Crippen LogP contribution in [0.2, 0.25) is 0 Å². The van der Waals surface area contributed by atoms with Crippen LogP contribution in [-0.4, -0.2) is 63.9 Å². The van der Waals surface area contributed by atoms with Crippen LogP contribution >= 0.6 is 0 Å². The van der Waals surface area contributed by atoms with E-state index >= 15 is 0 Å². The van der Waals surface area contributed by atoms with Crippen molar-refractivity contribution in [1.29, 1.82) is 0 Å². The van der Waals surface area contributed by atoms with E-state index in [0.717, 1.165) is 22.8 Å². The normalized spacial score (nSPS) is 26.7. The topological polar surface area (TPSA) is 80.6 Å². The van der Waals surface area contributed by atoms with Crippen molar-refractivity contribution in [2.45, 2.75) is 50.7 Å². The summed E-state index contributed by atoms with van der Waals surface area (Å²) in [7, 11) is 0. The van der Waals surface area contributed by atoms with Gasteiger partial charge in [-0.15, -0.1) is 0 Å². The van der Waals surface area contributed by atoms with Gasteiger partial charge < -0.3 is 14.5 Å². The minimum absolute atomic E-state index is 0.0324. The fraction of sp³-hybridized carbons (Fsp3) is 0.524. The van der Waals surface area contributed by atoms with Crippen molar-refractivity contribution >= 4 is 17.5 Å². The smallest absolute Gasteiger partial charge is 0.374 e. The maximum absolute atomic E-state index is 14.2. The number of hydrogen-bond donors (Lipinski definition) is 0. The van der Waals surface area contributed by atoms with Gasteiger partial charge in [-0.2, -0.15) is 18.2 Å². The summed E-state index contributed by atoms with van der Waals surface area (Å²) in [6.45, 7) is 2.56. The van der Waals surface area contributed by atoms with Gasteiger partial charge in [0.1, 0.15) is 5.82 Å². The van der Waals surface area contributed by atoms with Crippen LogP contribution in [0.15, 0.2) is 29.2 Å². The lowest BCUT2D eigenvalue weighted by molar-refractivity contribution is -0.181. The monoisotopic (exact) mass is 449 g/mol. The van der Waals surface area contributed by atoms with Crippen molar-refractivity contribution in [3.8, 4) is 0 Å². The predicted octanol–water partition coefficient (Wildman–Crippen LogP) is 1.95. The molecule has 2 saturated heterocycles. The molecule has 0 amide bonds. The van der Waals surface area contributed by atoms with Crippen molar-refractivity contribution in [3.05, 3.63) is 46.0 Å². The van der Waals surface area contributed by atoms with Gasteiger partial charge in [-0.1, -0.05) is 0 Å². The number of alkyl halides is 3. The van der Waals surface area contributed by atoms with Crippen molar-refractivity contribution in [3.63, 3.8) is 0 Å². The molecular formula is C21H22F3N5O3. The summed E-state index contributed by atoms with van der Waals surface area (Å²) in [5.74, 6) is -0.364. The SMILES string of the molecule is Cc1ccc(C(=O)CN2c3nc(N4C[C@@H]5CC4CO5)cc(=O)n3C[C@@]2(C)C(F)(F)F)cn1. The molecule has 32 heavy (non-hydrogen) atoms. The maximum atomic E-state index is 14.2. The summed E-state index contributed by atoms with van der Waals surface area (Å²) >= 11 is 0. The van der Waals surface area contributed by atoms with E-state index in [9.17, 15) is 22.8 Å². The molecule has 2 aromatic rings. The Hall–Kier alpha value is -2.95. The molecule has 3 aliphatic rings. The minimum atomic E-state index is -4.69. The number of ketones is 1. The number of hydrogen-bond acceptors (Lipinski definition) is 7. The van der Waals surface area contributed by atoms with Crippen LogP contribution in [0.1, 0.15) is 29.4 Å². The van der Waals surface area contributed by atoms with E-state index in [1.807, 2.05) is 4.90 Å². The zero-order valence-electron chi connectivity index (χ0n) is 17.6. The first kappa shape index (κ1) is 20.9. The fourth-order valence-corrected chi connectivity index (χ4v) is 4.63. The molecular weight excluding hydrogens is 427 g/mol. The Morgan fingerprint density at radius 1 is 1.34 bits per heavy atom. The molecule has 2 aromatic heterocycles. The number of carbonyl (C=O) groups is 1. The lowest BCUT2D eigenvalue weighted by Gasteiger charge is -2.36. The molecule has 8 nitrogen and oxygen atoms in total. The molecule has 0 N–H and O–H groups in total. The van der Waals surface area contributed by atoms with Crippen LogP contribution in [-0.2, 0) is 11.3 Å². The number of anilines is 2. The Morgan fingerprint density at radius 3 is 2.72 bits per heavy atom. The summed E-state index contributed by atoms with van der Waals surface area (Å²) < 4.78 is 49.1. The van der Waals surface area contributed by atoms with E-state index in [1.54, 1.807) is 13.0 Å². The van der Waals surface area contributed by atoms with Gasteiger partial charge in [0, 0.05) is 30.1 Å². The standard InChI is InChI=1S/C21H22F3N5O3/c1-12-3-4-13(7-25-12)16(30)9-29-19-26-17(27-8-15-5-14(27)10-32-15)6-18(31)28(19)11-20(29,2)21(22,23)24/h3-4,6-7,14-15H,5,8-11H2,1-2H3/t14?,15-,20-/m0/s1. The summed E-state index contributed by atoms with van der Waals surface area (Å²) in [6.07, 6.45) is -2.52. The van der Waals surface area contributed by atoms with Gasteiger partial charge in [-0.25, -0.2) is 0 Å². The van der Waals surface area contributed by atoms with Gasteiger partial charge in [0.15, 0.2) is 11.3 Å². The predicted molar refractivity (Wildman–Crippen MR) is 109 cm³/mol. The van der Waals surface area contributed by atoms with E-state index in [1.165, 1.54) is 18.3 Å². The number of halogens is 3. The molecule has 3 aliphatic heterocycles. The Morgan fingerprint density at radius 2 is 2.12 bits per heavy atom. The van der Waals surface area contributed by atoms with Gasteiger partial charge in [0.2, 0.25) is 5.95 Å². The highest BCUT2D eigenvalue weighted by molar-refractivity contribution is 5.99. The highest BCUT2D eigenvalue weighted by Gasteiger charge is 2.60. The summed E-state index contributed by atoms with van der Waals surface area (Å²) in [5.41, 5.74) is -2.14. The number of pyridine rings is 1. The first-order chi connectivity index (χ1) is 15.1. The van der Waals surface area contributed by atoms with E-state index in [-0.39, 0.29) is 23.7 Å². The number of aryl methyl sites for hydroxylation is 1. The van der Waals surface area contributed by atoms with Crippen LogP contribution in [0.4, 0.5) is 24.9 Å². The molecule has 0 radical (unpaired) electrons. The molecule has 1 unspecified atom stereocenters. The van der Waals surface area contributed by atoms with Gasteiger partial charge in [0.05, 0.1) is 31.8 Å². The number of Topliss-reactive ketones (excluding diaryl/α,β-unsaturated/α-hetero) is 1. The first-order valence-corrected chi connectivity index (χ1v) is 10.4. The quantitative estimate of drug-likeness (QED) is 0.660. The van der Waals surface area contributed by atoms with Gasteiger partial charge >= 0.3 is 6.18 Å². The Kier molecular flexibility index (Phi) is 4.59. The van der Waals surface area contributed by atoms with E-state index in [4.69, 9.17) is 4.74 Å². The van der Waals surface area contributed by atoms with Crippen LogP contribution in [0.3, 0.4) is 0 Å². The molecule has 0 aromatic carbocycles. The third kappa shape index (κ3) is 3.17. The van der Waals surface area contributed by atoms with E-state index in [0.29, 0.717) is 24.7 Å². The lowest BCUT2D eigenvalue weighted by Crippen LogP contribution is -2.57.